The molecule has 0 unspecified atom stereocenters. The van der Waals surface area contributed by atoms with E-state index in [0.29, 0.717) is 24.4 Å². The van der Waals surface area contributed by atoms with Crippen molar-refractivity contribution in [1.29, 1.82) is 0 Å². The maximum Gasteiger partial charge on any atom is 0.263 e. The van der Waals surface area contributed by atoms with E-state index in [1.54, 1.807) is 0 Å². The van der Waals surface area contributed by atoms with Crippen LogP contribution in [0, 0.1) is 6.92 Å². The molecule has 3 rings (SSSR count). The first-order valence-electron chi connectivity index (χ1n) is 9.46. The van der Waals surface area contributed by atoms with Crippen molar-refractivity contribution < 1.29 is 9.59 Å². The summed E-state index contributed by atoms with van der Waals surface area (Å²) in [6.07, 6.45) is 3.30. The van der Waals surface area contributed by atoms with Gasteiger partial charge in [0.2, 0.25) is 5.91 Å². The van der Waals surface area contributed by atoms with Gasteiger partial charge in [0.05, 0.1) is 5.69 Å². The summed E-state index contributed by atoms with van der Waals surface area (Å²) in [7, 11) is 0. The van der Waals surface area contributed by atoms with Crippen molar-refractivity contribution in [1.82, 2.24) is 15.2 Å². The van der Waals surface area contributed by atoms with E-state index in [9.17, 15) is 9.59 Å². The van der Waals surface area contributed by atoms with Gasteiger partial charge < -0.3 is 15.5 Å². The Balaban J connectivity index is 1.54. The maximum atomic E-state index is 12.5. The zero-order valence-electron chi connectivity index (χ0n) is 15.9. The summed E-state index contributed by atoms with van der Waals surface area (Å²) >= 11 is 1.37. The summed E-state index contributed by atoms with van der Waals surface area (Å²) in [5.41, 5.74) is 2.97. The number of para-hydroxylation sites is 1. The van der Waals surface area contributed by atoms with Crippen LogP contribution >= 0.6 is 11.3 Å². The first-order chi connectivity index (χ1) is 13.1. The number of hydrogen-bond acceptors (Lipinski definition) is 5. The van der Waals surface area contributed by atoms with Gasteiger partial charge in [-0.15, -0.1) is 0 Å². The normalized spacial score (nSPS) is 13.9. The third kappa shape index (κ3) is 4.86. The van der Waals surface area contributed by atoms with E-state index in [1.807, 2.05) is 30.0 Å². The van der Waals surface area contributed by atoms with Crippen molar-refractivity contribution in [2.75, 3.05) is 25.0 Å². The van der Waals surface area contributed by atoms with Crippen molar-refractivity contribution >= 4 is 34.0 Å². The lowest BCUT2D eigenvalue weighted by molar-refractivity contribution is -0.127. The third-order valence-corrected chi connectivity index (χ3v) is 5.78. The van der Waals surface area contributed by atoms with Gasteiger partial charge in [-0.3, -0.25) is 9.59 Å². The number of amides is 2. The summed E-state index contributed by atoms with van der Waals surface area (Å²) in [5.74, 6) is 0.122. The molecule has 1 aliphatic rings. The fourth-order valence-electron chi connectivity index (χ4n) is 3.22. The highest BCUT2D eigenvalue weighted by molar-refractivity contribution is 7.17. The molecule has 0 aliphatic carbocycles. The highest BCUT2D eigenvalue weighted by Crippen LogP contribution is 2.27. The second kappa shape index (κ2) is 8.99. The number of nitrogens with zero attached hydrogens (tertiary/aromatic N) is 2. The van der Waals surface area contributed by atoms with Crippen LogP contribution in [-0.4, -0.2) is 41.3 Å². The Morgan fingerprint density at radius 3 is 2.89 bits per heavy atom. The van der Waals surface area contributed by atoms with E-state index in [0.717, 1.165) is 42.3 Å². The minimum Gasteiger partial charge on any atom is -0.351 e. The maximum absolute atomic E-state index is 12.5. The van der Waals surface area contributed by atoms with E-state index in [4.69, 9.17) is 0 Å². The molecular formula is C20H26N4O2S. The number of aryl methyl sites for hydroxylation is 2. The van der Waals surface area contributed by atoms with Gasteiger partial charge in [0, 0.05) is 31.7 Å². The first-order valence-corrected chi connectivity index (χ1v) is 10.3. The van der Waals surface area contributed by atoms with Gasteiger partial charge in [-0.2, -0.15) is 0 Å². The average Bonchev–Trinajstić information content (AvgIpc) is 3.24. The minimum absolute atomic E-state index is 0.102. The number of thiazole rings is 1. The van der Waals surface area contributed by atoms with Gasteiger partial charge in [0.1, 0.15) is 4.88 Å². The Hall–Kier alpha value is -2.41. The first kappa shape index (κ1) is 19.4. The highest BCUT2D eigenvalue weighted by atomic mass is 32.1. The number of likely N-dealkylation sites (tertiary alicyclic amines) is 1. The SMILES string of the molecule is CCc1ccccc1Nc1nc(C)c(C(=O)NCCCN2CCCC2=O)s1. The van der Waals surface area contributed by atoms with Crippen LogP contribution in [0.25, 0.3) is 0 Å². The van der Waals surface area contributed by atoms with Gasteiger partial charge in [-0.25, -0.2) is 4.98 Å². The molecule has 2 N–H and O–H groups in total. The predicted molar refractivity (Wildman–Crippen MR) is 109 cm³/mol. The molecular weight excluding hydrogens is 360 g/mol. The molecule has 6 nitrogen and oxygen atoms in total. The summed E-state index contributed by atoms with van der Waals surface area (Å²) in [6.45, 7) is 6.07. The molecule has 0 atom stereocenters. The van der Waals surface area contributed by atoms with Crippen LogP contribution in [0.5, 0.6) is 0 Å². The van der Waals surface area contributed by atoms with E-state index in [1.165, 1.54) is 16.9 Å². The predicted octanol–water partition coefficient (Wildman–Crippen LogP) is 3.50. The van der Waals surface area contributed by atoms with Gasteiger partial charge >= 0.3 is 0 Å². The summed E-state index contributed by atoms with van der Waals surface area (Å²) in [5, 5.41) is 7.00. The number of anilines is 2. The largest absolute Gasteiger partial charge is 0.351 e. The number of carbonyl (C=O) groups excluding carboxylic acids is 2. The Labute approximate surface area is 164 Å². The Kier molecular flexibility index (Phi) is 6.45. The molecule has 1 saturated heterocycles. The molecule has 2 heterocycles. The van der Waals surface area contributed by atoms with Crippen LogP contribution in [0.3, 0.4) is 0 Å². The molecule has 2 aromatic rings. The second-order valence-corrected chi connectivity index (χ2v) is 7.66. The smallest absolute Gasteiger partial charge is 0.263 e. The molecule has 7 heteroatoms. The molecule has 1 aromatic heterocycles. The van der Waals surface area contributed by atoms with Gasteiger partial charge in [-0.1, -0.05) is 36.5 Å². The topological polar surface area (TPSA) is 74.3 Å². The number of hydrogen-bond donors (Lipinski definition) is 2. The lowest BCUT2D eigenvalue weighted by Gasteiger charge is -2.15. The van der Waals surface area contributed by atoms with Crippen LogP contribution in [0.4, 0.5) is 10.8 Å². The highest BCUT2D eigenvalue weighted by Gasteiger charge is 2.20. The van der Waals surface area contributed by atoms with Crippen molar-refractivity contribution in [3.05, 3.63) is 40.4 Å². The standard InChI is InChI=1S/C20H26N4O2S/c1-3-15-8-4-5-9-16(15)23-20-22-14(2)18(27-20)19(26)21-11-7-13-24-12-6-10-17(24)25/h4-5,8-9H,3,6-7,10-13H2,1-2H3,(H,21,26)(H,22,23). The van der Waals surface area contributed by atoms with E-state index >= 15 is 0 Å². The molecule has 27 heavy (non-hydrogen) atoms. The number of benzene rings is 1. The van der Waals surface area contributed by atoms with Crippen molar-refractivity contribution in [2.24, 2.45) is 0 Å². The molecule has 1 aromatic carbocycles. The molecule has 1 aliphatic heterocycles. The molecule has 1 fully saturated rings. The monoisotopic (exact) mass is 386 g/mol. The van der Waals surface area contributed by atoms with E-state index in [2.05, 4.69) is 28.6 Å². The number of nitrogens with one attached hydrogen (secondary N) is 2. The van der Waals surface area contributed by atoms with Gasteiger partial charge in [0.15, 0.2) is 5.13 Å². The van der Waals surface area contributed by atoms with Crippen molar-refractivity contribution in [3.63, 3.8) is 0 Å². The lowest BCUT2D eigenvalue weighted by atomic mass is 10.1. The molecule has 0 radical (unpaired) electrons. The third-order valence-electron chi connectivity index (χ3n) is 4.70. The average molecular weight is 387 g/mol. The van der Waals surface area contributed by atoms with Crippen LogP contribution in [0.1, 0.15) is 47.1 Å². The minimum atomic E-state index is -0.102. The number of rotatable bonds is 8. The van der Waals surface area contributed by atoms with E-state index in [-0.39, 0.29) is 11.8 Å². The summed E-state index contributed by atoms with van der Waals surface area (Å²) in [4.78, 5) is 31.1. The number of aromatic nitrogens is 1. The van der Waals surface area contributed by atoms with E-state index < -0.39 is 0 Å². The molecule has 0 bridgehead atoms. The summed E-state index contributed by atoms with van der Waals surface area (Å²) in [6, 6.07) is 8.11. The van der Waals surface area contributed by atoms with Crippen LogP contribution in [-0.2, 0) is 11.2 Å². The lowest BCUT2D eigenvalue weighted by Crippen LogP contribution is -2.30. The molecule has 0 saturated carbocycles. The molecule has 0 spiro atoms. The Bertz CT molecular complexity index is 818. The van der Waals surface area contributed by atoms with Crippen molar-refractivity contribution in [3.8, 4) is 0 Å². The summed E-state index contributed by atoms with van der Waals surface area (Å²) < 4.78 is 0. The van der Waals surface area contributed by atoms with Crippen LogP contribution in [0.2, 0.25) is 0 Å². The second-order valence-electron chi connectivity index (χ2n) is 6.66. The van der Waals surface area contributed by atoms with Crippen LogP contribution < -0.4 is 10.6 Å². The zero-order chi connectivity index (χ0) is 19.2. The Morgan fingerprint density at radius 1 is 1.33 bits per heavy atom. The van der Waals surface area contributed by atoms with Gasteiger partial charge in [0.25, 0.3) is 5.91 Å². The van der Waals surface area contributed by atoms with Crippen molar-refractivity contribution in [2.45, 2.75) is 39.5 Å². The van der Waals surface area contributed by atoms with Gasteiger partial charge in [-0.05, 0) is 37.8 Å². The fraction of sp³-hybridized carbons (Fsp3) is 0.450. The number of carbonyl (C=O) groups is 2. The zero-order valence-corrected chi connectivity index (χ0v) is 16.7. The molecule has 144 valence electrons. The van der Waals surface area contributed by atoms with Crippen LogP contribution in [0.15, 0.2) is 24.3 Å². The fourth-order valence-corrected chi connectivity index (χ4v) is 4.11. The molecule has 2 amide bonds. The quantitative estimate of drug-likeness (QED) is 0.681. The Morgan fingerprint density at radius 2 is 2.15 bits per heavy atom.